The second-order valence-corrected chi connectivity index (χ2v) is 2.98. The summed E-state index contributed by atoms with van der Waals surface area (Å²) >= 11 is 0. The minimum atomic E-state index is 0.0272. The highest BCUT2D eigenvalue weighted by Gasteiger charge is 2.23. The van der Waals surface area contributed by atoms with Gasteiger partial charge in [-0.05, 0) is 0 Å². The largest absolute Gasteiger partial charge is 0.489 e. The molecule has 0 radical (unpaired) electrons. The molecule has 2 rings (SSSR count). The van der Waals surface area contributed by atoms with Crippen molar-refractivity contribution in [2.24, 2.45) is 5.84 Å². The number of methoxy groups -OCH3 is 1. The van der Waals surface area contributed by atoms with Gasteiger partial charge in [0, 0.05) is 0 Å². The Morgan fingerprint density at radius 1 is 1.53 bits per heavy atom. The topological polar surface area (TPSA) is 91.5 Å². The number of hydrazine groups is 1. The van der Waals surface area contributed by atoms with Crippen LogP contribution in [0.2, 0.25) is 0 Å². The molecule has 1 fully saturated rings. The third kappa shape index (κ3) is 1.92. The van der Waals surface area contributed by atoms with Crippen molar-refractivity contribution in [2.75, 3.05) is 25.7 Å². The molecule has 1 aromatic rings. The first kappa shape index (κ1) is 9.94. The first-order valence-corrected chi connectivity index (χ1v) is 4.45. The van der Waals surface area contributed by atoms with Gasteiger partial charge < -0.3 is 19.6 Å². The van der Waals surface area contributed by atoms with Crippen molar-refractivity contribution in [1.29, 1.82) is 0 Å². The van der Waals surface area contributed by atoms with Gasteiger partial charge in [0.2, 0.25) is 5.75 Å². The molecule has 1 aromatic heterocycles. The van der Waals surface area contributed by atoms with Crippen molar-refractivity contribution in [2.45, 2.75) is 6.10 Å². The molecular weight excluding hydrogens is 200 g/mol. The van der Waals surface area contributed by atoms with E-state index in [0.717, 1.165) is 0 Å². The van der Waals surface area contributed by atoms with Crippen LogP contribution in [0.1, 0.15) is 0 Å². The van der Waals surface area contributed by atoms with Gasteiger partial charge in [0.05, 0.1) is 20.3 Å². The number of nitrogens with one attached hydrogen (secondary N) is 1. The van der Waals surface area contributed by atoms with Crippen LogP contribution in [0.15, 0.2) is 6.33 Å². The molecule has 0 unspecified atom stereocenters. The van der Waals surface area contributed by atoms with Gasteiger partial charge >= 0.3 is 0 Å². The Morgan fingerprint density at radius 3 is 2.87 bits per heavy atom. The number of nitrogens with two attached hydrogens (primary N) is 1. The Hall–Kier alpha value is -1.60. The van der Waals surface area contributed by atoms with Crippen LogP contribution in [0.4, 0.5) is 5.82 Å². The summed E-state index contributed by atoms with van der Waals surface area (Å²) in [5.41, 5.74) is 2.41. The lowest BCUT2D eigenvalue weighted by Gasteiger charge is -2.26. The van der Waals surface area contributed by atoms with Gasteiger partial charge in [-0.15, -0.1) is 0 Å². The lowest BCUT2D eigenvalue weighted by molar-refractivity contribution is -0.0820. The van der Waals surface area contributed by atoms with Gasteiger partial charge in [0.1, 0.15) is 12.4 Å². The molecule has 1 saturated heterocycles. The summed E-state index contributed by atoms with van der Waals surface area (Å²) in [7, 11) is 1.50. The highest BCUT2D eigenvalue weighted by atomic mass is 16.6. The van der Waals surface area contributed by atoms with Gasteiger partial charge in [-0.2, -0.15) is 4.98 Å². The maximum atomic E-state index is 5.52. The number of rotatable bonds is 4. The predicted octanol–water partition coefficient (Wildman–Crippen LogP) is -0.452. The third-order valence-corrected chi connectivity index (χ3v) is 2.00. The fourth-order valence-electron chi connectivity index (χ4n) is 1.17. The minimum Gasteiger partial charge on any atom is -0.489 e. The van der Waals surface area contributed by atoms with Crippen LogP contribution in [0.5, 0.6) is 11.6 Å². The van der Waals surface area contributed by atoms with Crippen LogP contribution in [0.3, 0.4) is 0 Å². The van der Waals surface area contributed by atoms with E-state index < -0.39 is 0 Å². The molecule has 1 aliphatic heterocycles. The van der Waals surface area contributed by atoms with E-state index >= 15 is 0 Å². The normalized spacial score (nSPS) is 15.6. The van der Waals surface area contributed by atoms with Gasteiger partial charge in [-0.1, -0.05) is 0 Å². The molecular formula is C8H12N4O3. The number of nitrogen functional groups attached to an aromatic ring is 1. The SMILES string of the molecule is COc1c(NN)ncnc1OC1COC1. The molecule has 0 aliphatic carbocycles. The van der Waals surface area contributed by atoms with E-state index in [1.807, 2.05) is 0 Å². The van der Waals surface area contributed by atoms with Crippen molar-refractivity contribution >= 4 is 5.82 Å². The quantitative estimate of drug-likeness (QED) is 0.515. The monoisotopic (exact) mass is 212 g/mol. The van der Waals surface area contributed by atoms with Gasteiger partial charge in [-0.3, -0.25) is 0 Å². The predicted molar refractivity (Wildman–Crippen MR) is 51.6 cm³/mol. The maximum absolute atomic E-state index is 5.52. The Kier molecular flexibility index (Phi) is 2.84. The molecule has 0 saturated carbocycles. The second-order valence-electron chi connectivity index (χ2n) is 2.98. The molecule has 0 amide bonds. The molecule has 7 nitrogen and oxygen atoms in total. The average molecular weight is 212 g/mol. The Balaban J connectivity index is 2.20. The highest BCUT2D eigenvalue weighted by Crippen LogP contribution is 2.31. The molecule has 3 N–H and O–H groups in total. The van der Waals surface area contributed by atoms with E-state index in [-0.39, 0.29) is 6.10 Å². The van der Waals surface area contributed by atoms with Crippen LogP contribution in [0, 0.1) is 0 Å². The van der Waals surface area contributed by atoms with Crippen molar-refractivity contribution in [3.8, 4) is 11.6 Å². The zero-order chi connectivity index (χ0) is 10.7. The first-order valence-electron chi connectivity index (χ1n) is 4.45. The summed E-state index contributed by atoms with van der Waals surface area (Å²) < 4.78 is 15.6. The van der Waals surface area contributed by atoms with E-state index in [9.17, 15) is 0 Å². The van der Waals surface area contributed by atoms with Crippen LogP contribution in [-0.2, 0) is 4.74 Å². The summed E-state index contributed by atoms with van der Waals surface area (Å²) in [5, 5.41) is 0. The number of aromatic nitrogens is 2. The number of nitrogens with zero attached hydrogens (tertiary/aromatic N) is 2. The fourth-order valence-corrected chi connectivity index (χ4v) is 1.17. The van der Waals surface area contributed by atoms with E-state index in [2.05, 4.69) is 15.4 Å². The van der Waals surface area contributed by atoms with Gasteiger partial charge in [0.25, 0.3) is 5.88 Å². The first-order chi connectivity index (χ1) is 7.35. The smallest absolute Gasteiger partial charge is 0.263 e. The highest BCUT2D eigenvalue weighted by molar-refractivity contribution is 5.54. The molecule has 7 heteroatoms. The summed E-state index contributed by atoms with van der Waals surface area (Å²) in [5.74, 6) is 6.43. The lowest BCUT2D eigenvalue weighted by Crippen LogP contribution is -2.38. The molecule has 0 bridgehead atoms. The van der Waals surface area contributed by atoms with Crippen molar-refractivity contribution in [3.05, 3.63) is 6.33 Å². The summed E-state index contributed by atoms with van der Waals surface area (Å²) in [6, 6.07) is 0. The molecule has 2 heterocycles. The fraction of sp³-hybridized carbons (Fsp3) is 0.500. The summed E-state index contributed by atoms with van der Waals surface area (Å²) in [4.78, 5) is 7.87. The Morgan fingerprint density at radius 2 is 2.33 bits per heavy atom. The zero-order valence-electron chi connectivity index (χ0n) is 8.27. The van der Waals surface area contributed by atoms with E-state index in [0.29, 0.717) is 30.7 Å². The third-order valence-electron chi connectivity index (χ3n) is 2.00. The number of hydrogen-bond acceptors (Lipinski definition) is 7. The number of ether oxygens (including phenoxy) is 3. The van der Waals surface area contributed by atoms with Crippen molar-refractivity contribution in [3.63, 3.8) is 0 Å². The van der Waals surface area contributed by atoms with Gasteiger partial charge in [-0.25, -0.2) is 10.8 Å². The van der Waals surface area contributed by atoms with E-state index in [1.54, 1.807) is 0 Å². The van der Waals surface area contributed by atoms with Crippen LogP contribution < -0.4 is 20.7 Å². The maximum Gasteiger partial charge on any atom is 0.263 e. The van der Waals surface area contributed by atoms with Gasteiger partial charge in [0.15, 0.2) is 5.82 Å². The molecule has 0 atom stereocenters. The van der Waals surface area contributed by atoms with Crippen molar-refractivity contribution in [1.82, 2.24) is 9.97 Å². The van der Waals surface area contributed by atoms with Crippen LogP contribution in [0.25, 0.3) is 0 Å². The average Bonchev–Trinajstić information content (AvgIpc) is 2.22. The number of anilines is 1. The van der Waals surface area contributed by atoms with Crippen molar-refractivity contribution < 1.29 is 14.2 Å². The molecule has 82 valence electrons. The molecule has 1 aliphatic rings. The standard InChI is InChI=1S/C8H12N4O3/c1-13-6-7(12-9)10-4-11-8(6)15-5-2-14-3-5/h4-5H,2-3,9H2,1H3,(H,10,11,12). The lowest BCUT2D eigenvalue weighted by atomic mass is 10.3. The van der Waals surface area contributed by atoms with E-state index in [4.69, 9.17) is 20.1 Å². The molecule has 0 aromatic carbocycles. The number of hydrogen-bond donors (Lipinski definition) is 2. The Labute approximate surface area is 86.5 Å². The summed E-state index contributed by atoms with van der Waals surface area (Å²) in [6.45, 7) is 1.14. The molecule has 15 heavy (non-hydrogen) atoms. The summed E-state index contributed by atoms with van der Waals surface area (Å²) in [6.07, 6.45) is 1.38. The Bertz CT molecular complexity index is 343. The van der Waals surface area contributed by atoms with Crippen LogP contribution in [-0.4, -0.2) is 36.4 Å². The zero-order valence-corrected chi connectivity index (χ0v) is 8.27. The van der Waals surface area contributed by atoms with E-state index in [1.165, 1.54) is 13.4 Å². The van der Waals surface area contributed by atoms with Crippen LogP contribution >= 0.6 is 0 Å². The second kappa shape index (κ2) is 4.28. The molecule has 0 spiro atoms. The minimum absolute atomic E-state index is 0.0272.